The van der Waals surface area contributed by atoms with Gasteiger partial charge in [-0.25, -0.2) is 0 Å². The molecule has 0 aliphatic rings. The molecule has 1 aromatic carbocycles. The van der Waals surface area contributed by atoms with Crippen molar-refractivity contribution in [1.29, 1.82) is 0 Å². The molecule has 19 heavy (non-hydrogen) atoms. The van der Waals surface area contributed by atoms with Crippen LogP contribution in [0.4, 0.5) is 13.2 Å². The van der Waals surface area contributed by atoms with E-state index in [9.17, 15) is 13.2 Å². The first kappa shape index (κ1) is 13.4. The summed E-state index contributed by atoms with van der Waals surface area (Å²) >= 11 is 0. The Balaban J connectivity index is 1.96. The van der Waals surface area contributed by atoms with Gasteiger partial charge in [0.1, 0.15) is 5.75 Å². The molecule has 7 heteroatoms. The van der Waals surface area contributed by atoms with Crippen LogP contribution in [0.5, 0.6) is 5.75 Å². The summed E-state index contributed by atoms with van der Waals surface area (Å²) in [7, 11) is 1.56. The first-order chi connectivity index (χ1) is 8.99. The van der Waals surface area contributed by atoms with Crippen LogP contribution in [0, 0.1) is 0 Å². The molecule has 2 rings (SSSR count). The van der Waals surface area contributed by atoms with Crippen LogP contribution in [-0.4, -0.2) is 17.3 Å². The molecular weight excluding hydrogens is 261 g/mol. The molecule has 0 fully saturated rings. The van der Waals surface area contributed by atoms with Gasteiger partial charge in [0.05, 0.1) is 7.11 Å². The highest BCUT2D eigenvalue weighted by atomic mass is 19.4. The van der Waals surface area contributed by atoms with Crippen molar-refractivity contribution in [2.45, 2.75) is 19.0 Å². The lowest BCUT2D eigenvalue weighted by Gasteiger charge is -2.01. The molecule has 0 aliphatic carbocycles. The Morgan fingerprint density at radius 3 is 2.32 bits per heavy atom. The highest BCUT2D eigenvalue weighted by molar-refractivity contribution is 5.27. The second kappa shape index (κ2) is 5.29. The van der Waals surface area contributed by atoms with Gasteiger partial charge in [0.25, 0.3) is 0 Å². The predicted molar refractivity (Wildman–Crippen MR) is 59.7 cm³/mol. The molecule has 4 nitrogen and oxygen atoms in total. The summed E-state index contributed by atoms with van der Waals surface area (Å²) in [6.07, 6.45) is -3.82. The van der Waals surface area contributed by atoms with Crippen LogP contribution in [0.1, 0.15) is 17.3 Å². The van der Waals surface area contributed by atoms with Gasteiger partial charge in [0.15, 0.2) is 0 Å². The maximum atomic E-state index is 12.2. The van der Waals surface area contributed by atoms with Gasteiger partial charge in [-0.05, 0) is 24.1 Å². The van der Waals surface area contributed by atoms with Crippen molar-refractivity contribution in [2.24, 2.45) is 0 Å². The summed E-state index contributed by atoms with van der Waals surface area (Å²) in [5.41, 5.74) is 0.951. The summed E-state index contributed by atoms with van der Waals surface area (Å²) in [4.78, 5) is 0. The molecule has 0 atom stereocenters. The topological polar surface area (TPSA) is 48.2 Å². The van der Waals surface area contributed by atoms with Gasteiger partial charge < -0.3 is 9.15 Å². The van der Waals surface area contributed by atoms with E-state index in [-0.39, 0.29) is 12.3 Å². The molecule has 0 spiro atoms. The first-order valence-corrected chi connectivity index (χ1v) is 5.51. The lowest BCUT2D eigenvalue weighted by atomic mass is 10.1. The van der Waals surface area contributed by atoms with Gasteiger partial charge in [-0.2, -0.15) is 13.2 Å². The fourth-order valence-corrected chi connectivity index (χ4v) is 1.51. The van der Waals surface area contributed by atoms with E-state index in [0.717, 1.165) is 11.3 Å². The van der Waals surface area contributed by atoms with Crippen LogP contribution in [0.25, 0.3) is 0 Å². The average Bonchev–Trinajstić information content (AvgIpc) is 2.86. The van der Waals surface area contributed by atoms with Gasteiger partial charge in [0.2, 0.25) is 5.89 Å². The van der Waals surface area contributed by atoms with Crippen molar-refractivity contribution < 1.29 is 22.3 Å². The van der Waals surface area contributed by atoms with E-state index in [0.29, 0.717) is 6.42 Å². The number of benzene rings is 1. The fourth-order valence-electron chi connectivity index (χ4n) is 1.51. The van der Waals surface area contributed by atoms with Gasteiger partial charge >= 0.3 is 12.1 Å². The third-order valence-corrected chi connectivity index (χ3v) is 2.50. The zero-order valence-electron chi connectivity index (χ0n) is 10.1. The molecule has 1 aromatic heterocycles. The molecule has 1 heterocycles. The Morgan fingerprint density at radius 1 is 1.11 bits per heavy atom. The van der Waals surface area contributed by atoms with Crippen LogP contribution < -0.4 is 4.74 Å². The summed E-state index contributed by atoms with van der Waals surface area (Å²) < 4.78 is 46.3. The van der Waals surface area contributed by atoms with Crippen LogP contribution in [-0.2, 0) is 19.0 Å². The molecule has 0 N–H and O–H groups in total. The molecule has 2 aromatic rings. The predicted octanol–water partition coefficient (Wildman–Crippen LogP) is 2.88. The number of halogens is 3. The molecule has 0 aliphatic heterocycles. The van der Waals surface area contributed by atoms with Crippen molar-refractivity contribution in [3.63, 3.8) is 0 Å². The second-order valence-electron chi connectivity index (χ2n) is 3.85. The average molecular weight is 272 g/mol. The number of alkyl halides is 3. The summed E-state index contributed by atoms with van der Waals surface area (Å²) in [5, 5.41) is 6.34. The van der Waals surface area contributed by atoms with Gasteiger partial charge in [-0.3, -0.25) is 0 Å². The zero-order chi connectivity index (χ0) is 13.9. The highest BCUT2D eigenvalue weighted by Crippen LogP contribution is 2.27. The van der Waals surface area contributed by atoms with Crippen molar-refractivity contribution in [3.05, 3.63) is 41.6 Å². The number of aromatic nitrogens is 2. The van der Waals surface area contributed by atoms with Crippen LogP contribution in [0.3, 0.4) is 0 Å². The standard InChI is InChI=1S/C12H11F3N2O2/c1-18-9-5-2-8(3-6-9)4-7-10-16-17-11(19-10)12(13,14)15/h2-3,5-6H,4,7H2,1H3. The van der Waals surface area contributed by atoms with Gasteiger partial charge in [-0.15, -0.1) is 10.2 Å². The quantitative estimate of drug-likeness (QED) is 0.858. The smallest absolute Gasteiger partial charge is 0.470 e. The van der Waals surface area contributed by atoms with Gasteiger partial charge in [0, 0.05) is 6.42 Å². The van der Waals surface area contributed by atoms with Crippen LogP contribution >= 0.6 is 0 Å². The van der Waals surface area contributed by atoms with E-state index in [4.69, 9.17) is 4.74 Å². The minimum absolute atomic E-state index is 0.0249. The Kier molecular flexibility index (Phi) is 3.73. The van der Waals surface area contributed by atoms with Crippen molar-refractivity contribution in [1.82, 2.24) is 10.2 Å². The monoisotopic (exact) mass is 272 g/mol. The Hall–Kier alpha value is -2.05. The van der Waals surface area contributed by atoms with E-state index in [1.54, 1.807) is 19.2 Å². The Morgan fingerprint density at radius 2 is 1.79 bits per heavy atom. The zero-order valence-corrected chi connectivity index (χ0v) is 10.1. The fraction of sp³-hybridized carbons (Fsp3) is 0.333. The number of nitrogens with zero attached hydrogens (tertiary/aromatic N) is 2. The number of hydrogen-bond donors (Lipinski definition) is 0. The van der Waals surface area contributed by atoms with Crippen molar-refractivity contribution in [2.75, 3.05) is 7.11 Å². The normalized spacial score (nSPS) is 11.6. The third kappa shape index (κ3) is 3.46. The summed E-state index contributed by atoms with van der Waals surface area (Å²) in [6, 6.07) is 7.23. The van der Waals surface area contributed by atoms with Crippen molar-refractivity contribution >= 4 is 0 Å². The maximum Gasteiger partial charge on any atom is 0.470 e. The molecule has 102 valence electrons. The molecule has 0 amide bonds. The van der Waals surface area contributed by atoms with E-state index < -0.39 is 12.1 Å². The molecule has 0 saturated carbocycles. The van der Waals surface area contributed by atoms with Crippen LogP contribution in [0.15, 0.2) is 28.7 Å². The van der Waals surface area contributed by atoms with E-state index >= 15 is 0 Å². The minimum Gasteiger partial charge on any atom is -0.497 e. The van der Waals surface area contributed by atoms with E-state index in [2.05, 4.69) is 14.6 Å². The number of ether oxygens (including phenoxy) is 1. The molecule has 0 unspecified atom stereocenters. The summed E-state index contributed by atoms with van der Waals surface area (Å²) in [5.74, 6) is -0.610. The molecule has 0 saturated heterocycles. The Labute approximate surface area is 107 Å². The number of methoxy groups -OCH3 is 1. The Bertz CT molecular complexity index is 535. The second-order valence-corrected chi connectivity index (χ2v) is 3.85. The lowest BCUT2D eigenvalue weighted by Crippen LogP contribution is -2.04. The number of aryl methyl sites for hydroxylation is 2. The maximum absolute atomic E-state index is 12.2. The summed E-state index contributed by atoms with van der Waals surface area (Å²) in [6.45, 7) is 0. The highest BCUT2D eigenvalue weighted by Gasteiger charge is 2.38. The SMILES string of the molecule is COc1ccc(CCc2nnc(C(F)(F)F)o2)cc1. The largest absolute Gasteiger partial charge is 0.497 e. The third-order valence-electron chi connectivity index (χ3n) is 2.50. The number of hydrogen-bond acceptors (Lipinski definition) is 4. The lowest BCUT2D eigenvalue weighted by molar-refractivity contribution is -0.157. The molecule has 0 radical (unpaired) electrons. The van der Waals surface area contributed by atoms with Crippen LogP contribution in [0.2, 0.25) is 0 Å². The van der Waals surface area contributed by atoms with E-state index in [1.165, 1.54) is 0 Å². The van der Waals surface area contributed by atoms with E-state index in [1.807, 2.05) is 12.1 Å². The van der Waals surface area contributed by atoms with Gasteiger partial charge in [-0.1, -0.05) is 12.1 Å². The number of rotatable bonds is 4. The minimum atomic E-state index is -4.59. The first-order valence-electron chi connectivity index (χ1n) is 5.51. The molecular formula is C12H11F3N2O2. The van der Waals surface area contributed by atoms with Crippen molar-refractivity contribution in [3.8, 4) is 5.75 Å². The molecule has 0 bridgehead atoms.